The first-order valence-electron chi connectivity index (χ1n) is 5.68. The molecular weight excluding hydrogens is 262 g/mol. The van der Waals surface area contributed by atoms with Gasteiger partial charge >= 0.3 is 0 Å². The van der Waals surface area contributed by atoms with Gasteiger partial charge in [0.2, 0.25) is 0 Å². The molecule has 1 heterocycles. The van der Waals surface area contributed by atoms with Crippen molar-refractivity contribution in [2.24, 2.45) is 0 Å². The van der Waals surface area contributed by atoms with Crippen molar-refractivity contribution in [2.75, 3.05) is 17.1 Å². The van der Waals surface area contributed by atoms with E-state index in [-0.39, 0.29) is 10.7 Å². The summed E-state index contributed by atoms with van der Waals surface area (Å²) in [4.78, 5) is 3.92. The van der Waals surface area contributed by atoms with Crippen LogP contribution in [0, 0.1) is 6.92 Å². The zero-order chi connectivity index (χ0) is 14.0. The van der Waals surface area contributed by atoms with E-state index in [1.165, 1.54) is 29.7 Å². The van der Waals surface area contributed by atoms with Crippen molar-refractivity contribution in [2.45, 2.75) is 11.8 Å². The standard InChI is InChI=1S/C13H15N3O2S/c1-10-3-5-11(6-4-10)16(2)19(17,18)12-7-8-13(14)15-9-12/h3-9H,1-2H3,(H2,14,15). The highest BCUT2D eigenvalue weighted by molar-refractivity contribution is 7.92. The molecule has 0 bridgehead atoms. The van der Waals surface area contributed by atoms with Gasteiger partial charge in [-0.3, -0.25) is 4.31 Å². The Hall–Kier alpha value is -2.08. The lowest BCUT2D eigenvalue weighted by atomic mass is 10.2. The number of hydrogen-bond acceptors (Lipinski definition) is 4. The summed E-state index contributed by atoms with van der Waals surface area (Å²) in [5.74, 6) is 0.289. The molecule has 6 heteroatoms. The zero-order valence-corrected chi connectivity index (χ0v) is 11.6. The van der Waals surface area contributed by atoms with Crippen molar-refractivity contribution in [1.29, 1.82) is 0 Å². The van der Waals surface area contributed by atoms with Crippen molar-refractivity contribution >= 4 is 21.5 Å². The highest BCUT2D eigenvalue weighted by Crippen LogP contribution is 2.22. The highest BCUT2D eigenvalue weighted by Gasteiger charge is 2.21. The summed E-state index contributed by atoms with van der Waals surface area (Å²) in [6.07, 6.45) is 1.26. The van der Waals surface area contributed by atoms with E-state index in [9.17, 15) is 8.42 Å². The summed E-state index contributed by atoms with van der Waals surface area (Å²) < 4.78 is 26.0. The Morgan fingerprint density at radius 1 is 1.11 bits per heavy atom. The molecule has 0 aliphatic carbocycles. The average Bonchev–Trinajstić information content (AvgIpc) is 2.39. The fourth-order valence-corrected chi connectivity index (χ4v) is 2.74. The molecule has 0 saturated heterocycles. The van der Waals surface area contributed by atoms with Gasteiger partial charge in [0.15, 0.2) is 0 Å². The molecule has 1 aromatic heterocycles. The van der Waals surface area contributed by atoms with Crippen LogP contribution in [0.5, 0.6) is 0 Å². The van der Waals surface area contributed by atoms with E-state index < -0.39 is 10.0 Å². The molecule has 2 aromatic rings. The van der Waals surface area contributed by atoms with Gasteiger partial charge < -0.3 is 5.73 Å². The monoisotopic (exact) mass is 277 g/mol. The van der Waals surface area contributed by atoms with Crippen LogP contribution < -0.4 is 10.0 Å². The van der Waals surface area contributed by atoms with E-state index in [4.69, 9.17) is 5.73 Å². The Morgan fingerprint density at radius 3 is 2.26 bits per heavy atom. The number of rotatable bonds is 3. The second kappa shape index (κ2) is 4.89. The van der Waals surface area contributed by atoms with Crippen molar-refractivity contribution < 1.29 is 8.42 Å². The molecule has 0 amide bonds. The van der Waals surface area contributed by atoms with E-state index >= 15 is 0 Å². The number of aromatic nitrogens is 1. The van der Waals surface area contributed by atoms with Crippen LogP contribution in [-0.4, -0.2) is 20.4 Å². The lowest BCUT2D eigenvalue weighted by Crippen LogP contribution is -2.26. The van der Waals surface area contributed by atoms with E-state index in [2.05, 4.69) is 4.98 Å². The molecule has 0 aliphatic heterocycles. The Morgan fingerprint density at radius 2 is 1.74 bits per heavy atom. The van der Waals surface area contributed by atoms with Gasteiger partial charge in [-0.05, 0) is 31.2 Å². The normalized spacial score (nSPS) is 11.3. The van der Waals surface area contributed by atoms with Crippen LogP contribution in [0.3, 0.4) is 0 Å². The number of nitrogens with two attached hydrogens (primary N) is 1. The summed E-state index contributed by atoms with van der Waals surface area (Å²) in [6, 6.07) is 10.2. The Kier molecular flexibility index (Phi) is 3.44. The smallest absolute Gasteiger partial charge is 0.265 e. The molecule has 0 spiro atoms. The Balaban J connectivity index is 2.39. The molecule has 0 unspecified atom stereocenters. The summed E-state index contributed by atoms with van der Waals surface area (Å²) in [7, 11) is -2.10. The van der Waals surface area contributed by atoms with Crippen molar-refractivity contribution in [3.63, 3.8) is 0 Å². The van der Waals surface area contributed by atoms with Crippen LogP contribution in [0.1, 0.15) is 5.56 Å². The van der Waals surface area contributed by atoms with Crippen LogP contribution in [-0.2, 0) is 10.0 Å². The third-order valence-electron chi connectivity index (χ3n) is 2.82. The molecule has 0 fully saturated rings. The maximum atomic E-state index is 12.4. The number of pyridine rings is 1. The molecule has 2 rings (SSSR count). The van der Waals surface area contributed by atoms with Gasteiger partial charge in [0.25, 0.3) is 10.0 Å². The lowest BCUT2D eigenvalue weighted by Gasteiger charge is -2.19. The first-order valence-corrected chi connectivity index (χ1v) is 7.12. The van der Waals surface area contributed by atoms with Crippen LogP contribution >= 0.6 is 0 Å². The summed E-state index contributed by atoms with van der Waals surface area (Å²) in [5, 5.41) is 0. The zero-order valence-electron chi connectivity index (χ0n) is 10.7. The molecule has 0 atom stereocenters. The number of aryl methyl sites for hydroxylation is 1. The van der Waals surface area contributed by atoms with Gasteiger partial charge in [0, 0.05) is 13.2 Å². The van der Waals surface area contributed by atoms with E-state index in [1.807, 2.05) is 19.1 Å². The topological polar surface area (TPSA) is 76.3 Å². The number of hydrogen-bond donors (Lipinski definition) is 1. The molecule has 19 heavy (non-hydrogen) atoms. The van der Waals surface area contributed by atoms with Gasteiger partial charge in [0.1, 0.15) is 10.7 Å². The van der Waals surface area contributed by atoms with Gasteiger partial charge in [0.05, 0.1) is 5.69 Å². The first-order chi connectivity index (χ1) is 8.91. The van der Waals surface area contributed by atoms with Crippen molar-refractivity contribution in [3.8, 4) is 0 Å². The number of sulfonamides is 1. The van der Waals surface area contributed by atoms with Crippen LogP contribution in [0.2, 0.25) is 0 Å². The maximum absolute atomic E-state index is 12.4. The van der Waals surface area contributed by atoms with Gasteiger partial charge in [-0.15, -0.1) is 0 Å². The number of nitrogen functional groups attached to an aromatic ring is 1. The fourth-order valence-electron chi connectivity index (χ4n) is 1.60. The van der Waals surface area contributed by atoms with Crippen molar-refractivity contribution in [1.82, 2.24) is 4.98 Å². The molecule has 0 saturated carbocycles. The Bertz CT molecular complexity index is 664. The molecule has 100 valence electrons. The lowest BCUT2D eigenvalue weighted by molar-refractivity contribution is 0.594. The number of nitrogens with zero attached hydrogens (tertiary/aromatic N) is 2. The molecular formula is C13H15N3O2S. The summed E-state index contributed by atoms with van der Waals surface area (Å²) in [6.45, 7) is 1.95. The quantitative estimate of drug-likeness (QED) is 0.928. The van der Waals surface area contributed by atoms with Crippen LogP contribution in [0.4, 0.5) is 11.5 Å². The molecule has 1 aromatic carbocycles. The van der Waals surface area contributed by atoms with E-state index in [0.29, 0.717) is 5.69 Å². The van der Waals surface area contributed by atoms with Crippen molar-refractivity contribution in [3.05, 3.63) is 48.2 Å². The number of benzene rings is 1. The summed E-state index contributed by atoms with van der Waals surface area (Å²) in [5.41, 5.74) is 7.13. The predicted molar refractivity (Wildman–Crippen MR) is 75.4 cm³/mol. The van der Waals surface area contributed by atoms with Gasteiger partial charge in [-0.25, -0.2) is 13.4 Å². The Labute approximate surface area is 112 Å². The predicted octanol–water partition coefficient (Wildman–Crippen LogP) is 1.80. The minimum absolute atomic E-state index is 0.116. The van der Waals surface area contributed by atoms with E-state index in [0.717, 1.165) is 5.56 Å². The first kappa shape index (κ1) is 13.4. The molecule has 5 nitrogen and oxygen atoms in total. The SMILES string of the molecule is Cc1ccc(N(C)S(=O)(=O)c2ccc(N)nc2)cc1. The maximum Gasteiger partial charge on any atom is 0.265 e. The highest BCUT2D eigenvalue weighted by atomic mass is 32.2. The summed E-state index contributed by atoms with van der Waals surface area (Å²) >= 11 is 0. The van der Waals surface area contributed by atoms with Gasteiger partial charge in [-0.1, -0.05) is 17.7 Å². The third kappa shape index (κ3) is 2.68. The second-order valence-electron chi connectivity index (χ2n) is 4.23. The van der Waals surface area contributed by atoms with Crippen LogP contribution in [0.15, 0.2) is 47.5 Å². The third-order valence-corrected chi connectivity index (χ3v) is 4.58. The molecule has 0 radical (unpaired) electrons. The second-order valence-corrected chi connectivity index (χ2v) is 6.20. The molecule has 0 aliphatic rings. The van der Waals surface area contributed by atoms with Crippen LogP contribution in [0.25, 0.3) is 0 Å². The minimum atomic E-state index is -3.61. The van der Waals surface area contributed by atoms with E-state index in [1.54, 1.807) is 12.1 Å². The largest absolute Gasteiger partial charge is 0.384 e. The molecule has 2 N–H and O–H groups in total. The minimum Gasteiger partial charge on any atom is -0.384 e. The number of anilines is 2. The average molecular weight is 277 g/mol. The fraction of sp³-hybridized carbons (Fsp3) is 0.154. The van der Waals surface area contributed by atoms with Gasteiger partial charge in [-0.2, -0.15) is 0 Å².